The first-order chi connectivity index (χ1) is 13.1. The highest BCUT2D eigenvalue weighted by Crippen LogP contribution is 2.29. The van der Waals surface area contributed by atoms with Crippen LogP contribution < -0.4 is 4.74 Å². The van der Waals surface area contributed by atoms with Crippen molar-refractivity contribution in [1.29, 1.82) is 0 Å². The van der Waals surface area contributed by atoms with Crippen molar-refractivity contribution >= 4 is 31.9 Å². The van der Waals surface area contributed by atoms with E-state index < -0.39 is 21.5 Å². The largest absolute Gasteiger partial charge is 0.415 e. The Morgan fingerprint density at radius 2 is 2.00 bits per heavy atom. The Bertz CT molecular complexity index is 1020. The summed E-state index contributed by atoms with van der Waals surface area (Å²) in [4.78, 5) is 18.8. The number of hydrogen-bond acceptors (Lipinski definition) is 8. The molecule has 0 atom stereocenters. The third kappa shape index (κ3) is 4.11. The summed E-state index contributed by atoms with van der Waals surface area (Å²) in [7, 11) is -3.72. The van der Waals surface area contributed by atoms with Crippen molar-refractivity contribution < 1.29 is 27.3 Å². The molecule has 0 bridgehead atoms. The third-order valence-electron chi connectivity index (χ3n) is 4.40. The lowest BCUT2D eigenvalue weighted by atomic mass is 10.1. The van der Waals surface area contributed by atoms with Crippen LogP contribution in [0, 0.1) is 0 Å². The van der Waals surface area contributed by atoms with Crippen LogP contribution in [-0.4, -0.2) is 48.3 Å². The molecule has 1 aromatic carbocycles. The van der Waals surface area contributed by atoms with E-state index in [1.54, 1.807) is 32.0 Å². The number of hydrogen-bond donors (Lipinski definition) is 0. The predicted octanol–water partition coefficient (Wildman–Crippen LogP) is 3.10. The summed E-state index contributed by atoms with van der Waals surface area (Å²) >= 11 is 0. The zero-order valence-electron chi connectivity index (χ0n) is 16.3. The Kier molecular flexibility index (Phi) is 5.33. The minimum atomic E-state index is -3.72. The van der Waals surface area contributed by atoms with E-state index in [0.29, 0.717) is 24.1 Å². The average Bonchev–Trinajstić information content (AvgIpc) is 3.19. The van der Waals surface area contributed by atoms with Crippen LogP contribution in [0.1, 0.15) is 39.8 Å². The number of aromatic nitrogens is 1. The van der Waals surface area contributed by atoms with E-state index in [1.807, 2.05) is 13.8 Å². The number of carbonyl (C=O) groups is 1. The molecule has 1 aliphatic heterocycles. The van der Waals surface area contributed by atoms with Gasteiger partial charge in [-0.25, -0.2) is 13.2 Å². The van der Waals surface area contributed by atoms with Crippen molar-refractivity contribution in [2.24, 2.45) is 5.16 Å². The number of rotatable bonds is 5. The van der Waals surface area contributed by atoms with Gasteiger partial charge in [-0.1, -0.05) is 10.3 Å². The van der Waals surface area contributed by atoms with Gasteiger partial charge in [0.1, 0.15) is 22.8 Å². The van der Waals surface area contributed by atoms with Crippen LogP contribution in [0.25, 0.3) is 11.0 Å². The molecule has 152 valence electrons. The zero-order valence-corrected chi connectivity index (χ0v) is 17.1. The molecule has 0 N–H and O–H groups in total. The Balaban J connectivity index is 1.84. The first-order valence-electron chi connectivity index (χ1n) is 8.98. The molecule has 3 rings (SSSR count). The standard InChI is InChI=1S/C18H23N3O6S/c1-5-21(6-2)17(22)25-12-7-8-15-13(9-12)14(19-26-15)11-28(23,24)16-10-18(3,4)27-20-16/h7-9H,5-6,10-11H2,1-4H3. The fraction of sp³-hybridized carbons (Fsp3) is 0.500. The van der Waals surface area contributed by atoms with Gasteiger partial charge in [0.2, 0.25) is 9.84 Å². The number of fused-ring (bicyclic) bond motifs is 1. The second-order valence-corrected chi connectivity index (χ2v) is 9.09. The normalized spacial score (nSPS) is 15.9. The molecule has 1 aliphatic rings. The Morgan fingerprint density at radius 3 is 2.61 bits per heavy atom. The quantitative estimate of drug-likeness (QED) is 0.746. The van der Waals surface area contributed by atoms with Gasteiger partial charge in [0.15, 0.2) is 10.6 Å². The van der Waals surface area contributed by atoms with Crippen molar-refractivity contribution in [3.8, 4) is 5.75 Å². The van der Waals surface area contributed by atoms with E-state index in [9.17, 15) is 13.2 Å². The monoisotopic (exact) mass is 409 g/mol. The third-order valence-corrected chi connectivity index (χ3v) is 5.99. The Morgan fingerprint density at radius 1 is 1.29 bits per heavy atom. The summed E-state index contributed by atoms with van der Waals surface area (Å²) in [6.45, 7) is 8.28. The number of nitrogens with zero attached hydrogens (tertiary/aromatic N) is 3. The molecule has 9 nitrogen and oxygen atoms in total. The summed E-state index contributed by atoms with van der Waals surface area (Å²) in [5.74, 6) is -0.0972. The maximum atomic E-state index is 12.7. The number of amides is 1. The Hall–Kier alpha value is -2.62. The van der Waals surface area contributed by atoms with Gasteiger partial charge in [-0.05, 0) is 45.9 Å². The zero-order chi connectivity index (χ0) is 20.5. The van der Waals surface area contributed by atoms with Gasteiger partial charge < -0.3 is 19.0 Å². The maximum Gasteiger partial charge on any atom is 0.415 e. The van der Waals surface area contributed by atoms with E-state index in [1.165, 1.54) is 4.90 Å². The SMILES string of the molecule is CCN(CC)C(=O)Oc1ccc2onc(CS(=O)(=O)C3=NOC(C)(C)C3)c2c1. The van der Waals surface area contributed by atoms with Crippen LogP contribution in [0.4, 0.5) is 4.79 Å². The predicted molar refractivity (Wildman–Crippen MR) is 103 cm³/mol. The van der Waals surface area contributed by atoms with Crippen LogP contribution in [0.3, 0.4) is 0 Å². The fourth-order valence-corrected chi connectivity index (χ4v) is 4.27. The molecule has 0 fully saturated rings. The minimum Gasteiger partial charge on any atom is -0.410 e. The molecule has 10 heteroatoms. The second kappa shape index (κ2) is 7.42. The average molecular weight is 409 g/mol. The summed E-state index contributed by atoms with van der Waals surface area (Å²) in [6.07, 6.45) is -0.285. The molecule has 28 heavy (non-hydrogen) atoms. The van der Waals surface area contributed by atoms with Gasteiger partial charge >= 0.3 is 6.09 Å². The lowest BCUT2D eigenvalue weighted by molar-refractivity contribution is 0.0123. The van der Waals surface area contributed by atoms with Crippen molar-refractivity contribution in [1.82, 2.24) is 10.1 Å². The van der Waals surface area contributed by atoms with E-state index in [0.717, 1.165) is 0 Å². The van der Waals surface area contributed by atoms with Gasteiger partial charge in [-0.3, -0.25) is 0 Å². The second-order valence-electron chi connectivity index (χ2n) is 7.10. The van der Waals surface area contributed by atoms with Gasteiger partial charge in [0.25, 0.3) is 0 Å². The van der Waals surface area contributed by atoms with E-state index >= 15 is 0 Å². The van der Waals surface area contributed by atoms with Crippen LogP contribution in [0.2, 0.25) is 0 Å². The lowest BCUT2D eigenvalue weighted by Gasteiger charge is -2.17. The number of carbonyl (C=O) groups excluding carboxylic acids is 1. The minimum absolute atomic E-state index is 0.0160. The summed E-state index contributed by atoms with van der Waals surface area (Å²) in [6, 6.07) is 4.71. The highest BCUT2D eigenvalue weighted by molar-refractivity contribution is 8.05. The molecule has 0 unspecified atom stereocenters. The van der Waals surface area contributed by atoms with Crippen molar-refractivity contribution in [3.05, 3.63) is 23.9 Å². The van der Waals surface area contributed by atoms with Crippen LogP contribution in [-0.2, 0) is 20.4 Å². The molecule has 0 aliphatic carbocycles. The van der Waals surface area contributed by atoms with E-state index in [-0.39, 0.29) is 28.7 Å². The number of oxime groups is 1. The molecular formula is C18H23N3O6S. The smallest absolute Gasteiger partial charge is 0.410 e. The molecule has 2 heterocycles. The molecule has 0 radical (unpaired) electrons. The van der Waals surface area contributed by atoms with Crippen molar-refractivity contribution in [2.45, 2.75) is 45.5 Å². The first-order valence-corrected chi connectivity index (χ1v) is 10.6. The molecule has 0 spiro atoms. The summed E-state index contributed by atoms with van der Waals surface area (Å²) in [5.41, 5.74) is -0.0268. The van der Waals surface area contributed by atoms with Gasteiger partial charge in [-0.15, -0.1) is 0 Å². The first kappa shape index (κ1) is 20.1. The molecule has 0 saturated heterocycles. The van der Waals surface area contributed by atoms with Gasteiger partial charge in [0.05, 0.1) is 0 Å². The molecule has 2 aromatic rings. The van der Waals surface area contributed by atoms with Crippen molar-refractivity contribution in [2.75, 3.05) is 13.1 Å². The fourth-order valence-electron chi connectivity index (χ4n) is 2.82. The highest BCUT2D eigenvalue weighted by Gasteiger charge is 2.36. The number of benzene rings is 1. The van der Waals surface area contributed by atoms with E-state index in [2.05, 4.69) is 10.3 Å². The molecule has 1 aromatic heterocycles. The topological polar surface area (TPSA) is 111 Å². The van der Waals surface area contributed by atoms with Gasteiger partial charge in [0, 0.05) is 24.9 Å². The molecule has 0 saturated carbocycles. The van der Waals surface area contributed by atoms with Crippen LogP contribution in [0.15, 0.2) is 27.9 Å². The highest BCUT2D eigenvalue weighted by atomic mass is 32.2. The van der Waals surface area contributed by atoms with E-state index in [4.69, 9.17) is 14.1 Å². The lowest BCUT2D eigenvalue weighted by Crippen LogP contribution is -2.33. The summed E-state index contributed by atoms with van der Waals surface area (Å²) in [5, 5.41) is 8.04. The van der Waals surface area contributed by atoms with Crippen molar-refractivity contribution in [3.63, 3.8) is 0 Å². The number of sulfone groups is 1. The summed E-state index contributed by atoms with van der Waals surface area (Å²) < 4.78 is 35.9. The molecule has 1 amide bonds. The molecular weight excluding hydrogens is 386 g/mol. The van der Waals surface area contributed by atoms with Crippen LogP contribution in [0.5, 0.6) is 5.75 Å². The number of ether oxygens (including phenoxy) is 1. The maximum absolute atomic E-state index is 12.7. The van der Waals surface area contributed by atoms with Crippen LogP contribution >= 0.6 is 0 Å². The Labute approximate surface area is 163 Å². The van der Waals surface area contributed by atoms with Gasteiger partial charge in [-0.2, -0.15) is 0 Å².